The summed E-state index contributed by atoms with van der Waals surface area (Å²) in [4.78, 5) is 28.1. The number of rotatable bonds is 6. The highest BCUT2D eigenvalue weighted by molar-refractivity contribution is 6.30. The number of carbonyl (C=O) groups is 2. The number of fused-ring (bicyclic) bond motifs is 1. The summed E-state index contributed by atoms with van der Waals surface area (Å²) in [5, 5.41) is 1.44. The number of aromatic nitrogens is 1. The lowest BCUT2D eigenvalue weighted by Crippen LogP contribution is -2.23. The molecule has 3 aromatic rings. The molecule has 1 heterocycles. The highest BCUT2D eigenvalue weighted by Gasteiger charge is 2.26. The van der Waals surface area contributed by atoms with E-state index in [-0.39, 0.29) is 18.3 Å². The average Bonchev–Trinajstić information content (AvgIpc) is 3.05. The number of H-pyrrole nitrogens is 1. The van der Waals surface area contributed by atoms with Crippen LogP contribution in [0.5, 0.6) is 0 Å². The monoisotopic (exact) mass is 369 g/mol. The van der Waals surface area contributed by atoms with Crippen LogP contribution in [0.15, 0.2) is 54.7 Å². The molecule has 0 amide bonds. The molecular formula is C21H20ClNO3. The highest BCUT2D eigenvalue weighted by atomic mass is 35.5. The Kier molecular flexibility index (Phi) is 5.43. The van der Waals surface area contributed by atoms with E-state index in [0.29, 0.717) is 10.6 Å². The molecule has 2 aromatic carbocycles. The standard InChI is InChI=1S/C21H20ClNO3/c1-13(2)20(14-7-9-15(22)10-8-14)21(25)26-12-19(24)17-11-23-18-6-4-3-5-16(17)18/h3-11,13,20,23H,12H2,1-2H3/t20-/m1/s1. The molecule has 26 heavy (non-hydrogen) atoms. The van der Waals surface area contributed by atoms with Crippen molar-refractivity contribution in [3.05, 3.63) is 70.9 Å². The van der Waals surface area contributed by atoms with E-state index in [1.54, 1.807) is 18.3 Å². The number of carbonyl (C=O) groups excluding carboxylic acids is 2. The van der Waals surface area contributed by atoms with E-state index >= 15 is 0 Å². The van der Waals surface area contributed by atoms with Gasteiger partial charge in [0, 0.05) is 27.7 Å². The Bertz CT molecular complexity index is 928. The van der Waals surface area contributed by atoms with Crippen LogP contribution in [0.3, 0.4) is 0 Å². The van der Waals surface area contributed by atoms with Crippen molar-refractivity contribution in [3.8, 4) is 0 Å². The van der Waals surface area contributed by atoms with Crippen LogP contribution < -0.4 is 0 Å². The van der Waals surface area contributed by atoms with Gasteiger partial charge < -0.3 is 9.72 Å². The lowest BCUT2D eigenvalue weighted by molar-refractivity contribution is -0.145. The van der Waals surface area contributed by atoms with Gasteiger partial charge in [0.2, 0.25) is 5.78 Å². The van der Waals surface area contributed by atoms with Gasteiger partial charge in [-0.1, -0.05) is 55.8 Å². The third-order valence-corrected chi connectivity index (χ3v) is 4.64. The number of halogens is 1. The summed E-state index contributed by atoms with van der Waals surface area (Å²) in [7, 11) is 0. The van der Waals surface area contributed by atoms with Crippen molar-refractivity contribution >= 4 is 34.3 Å². The second-order valence-electron chi connectivity index (χ2n) is 6.55. The van der Waals surface area contributed by atoms with Crippen LogP contribution in [0, 0.1) is 5.92 Å². The molecule has 0 spiro atoms. The Morgan fingerprint density at radius 2 is 1.77 bits per heavy atom. The predicted octanol–water partition coefficient (Wildman–Crippen LogP) is 4.99. The van der Waals surface area contributed by atoms with Crippen molar-refractivity contribution in [1.29, 1.82) is 0 Å². The summed E-state index contributed by atoms with van der Waals surface area (Å²) in [6.45, 7) is 3.61. The Labute approximate surface area is 157 Å². The highest BCUT2D eigenvalue weighted by Crippen LogP contribution is 2.27. The number of esters is 1. The molecule has 4 nitrogen and oxygen atoms in total. The molecule has 0 saturated carbocycles. The van der Waals surface area contributed by atoms with Crippen LogP contribution in [0.1, 0.15) is 35.7 Å². The molecule has 0 aliphatic carbocycles. The van der Waals surface area contributed by atoms with Crippen molar-refractivity contribution in [2.75, 3.05) is 6.61 Å². The van der Waals surface area contributed by atoms with Gasteiger partial charge in [0.15, 0.2) is 6.61 Å². The molecule has 0 fully saturated rings. The fraction of sp³-hybridized carbons (Fsp3) is 0.238. The molecule has 0 unspecified atom stereocenters. The van der Waals surface area contributed by atoms with Crippen LogP contribution >= 0.6 is 11.6 Å². The van der Waals surface area contributed by atoms with E-state index in [1.807, 2.05) is 50.2 Å². The van der Waals surface area contributed by atoms with Gasteiger partial charge in [-0.15, -0.1) is 0 Å². The summed E-state index contributed by atoms with van der Waals surface area (Å²) in [5.74, 6) is -1.04. The third-order valence-electron chi connectivity index (χ3n) is 4.38. The zero-order valence-corrected chi connectivity index (χ0v) is 15.4. The van der Waals surface area contributed by atoms with E-state index in [0.717, 1.165) is 16.5 Å². The molecule has 0 aliphatic rings. The number of benzene rings is 2. The summed E-state index contributed by atoms with van der Waals surface area (Å²) in [6, 6.07) is 14.7. The van der Waals surface area contributed by atoms with E-state index in [1.165, 1.54) is 0 Å². The van der Waals surface area contributed by atoms with Crippen LogP contribution in [0.2, 0.25) is 5.02 Å². The number of aromatic amines is 1. The Balaban J connectivity index is 1.72. The van der Waals surface area contributed by atoms with E-state index < -0.39 is 11.9 Å². The largest absolute Gasteiger partial charge is 0.457 e. The van der Waals surface area contributed by atoms with Gasteiger partial charge >= 0.3 is 5.97 Å². The average molecular weight is 370 g/mol. The first-order chi connectivity index (χ1) is 12.5. The van der Waals surface area contributed by atoms with Crippen LogP contribution in [0.4, 0.5) is 0 Å². The van der Waals surface area contributed by atoms with Crippen molar-refractivity contribution in [2.24, 2.45) is 5.92 Å². The maximum Gasteiger partial charge on any atom is 0.314 e. The lowest BCUT2D eigenvalue weighted by atomic mass is 9.88. The van der Waals surface area contributed by atoms with Gasteiger partial charge in [0.05, 0.1) is 5.92 Å². The second-order valence-corrected chi connectivity index (χ2v) is 6.99. The van der Waals surface area contributed by atoms with E-state index in [9.17, 15) is 9.59 Å². The van der Waals surface area contributed by atoms with Crippen molar-refractivity contribution in [2.45, 2.75) is 19.8 Å². The summed E-state index contributed by atoms with van der Waals surface area (Å²) >= 11 is 5.92. The lowest BCUT2D eigenvalue weighted by Gasteiger charge is -2.19. The molecule has 0 saturated heterocycles. The van der Waals surface area contributed by atoms with Gasteiger partial charge in [-0.2, -0.15) is 0 Å². The van der Waals surface area contributed by atoms with Crippen molar-refractivity contribution in [1.82, 2.24) is 4.98 Å². The number of para-hydroxylation sites is 1. The molecule has 1 N–H and O–H groups in total. The van der Waals surface area contributed by atoms with Gasteiger partial charge in [-0.3, -0.25) is 9.59 Å². The second kappa shape index (κ2) is 7.75. The predicted molar refractivity (Wildman–Crippen MR) is 103 cm³/mol. The van der Waals surface area contributed by atoms with Gasteiger partial charge in [-0.25, -0.2) is 0 Å². The number of nitrogens with one attached hydrogen (secondary N) is 1. The molecular weight excluding hydrogens is 350 g/mol. The number of hydrogen-bond acceptors (Lipinski definition) is 3. The third kappa shape index (κ3) is 3.81. The van der Waals surface area contributed by atoms with Crippen LogP contribution in [-0.2, 0) is 9.53 Å². The molecule has 1 atom stereocenters. The fourth-order valence-electron chi connectivity index (χ4n) is 3.07. The zero-order chi connectivity index (χ0) is 18.7. The van der Waals surface area contributed by atoms with Gasteiger partial charge in [0.1, 0.15) is 0 Å². The van der Waals surface area contributed by atoms with Crippen LogP contribution in [-0.4, -0.2) is 23.3 Å². The molecule has 3 rings (SSSR count). The first kappa shape index (κ1) is 18.2. The van der Waals surface area contributed by atoms with E-state index in [2.05, 4.69) is 4.98 Å². The first-order valence-electron chi connectivity index (χ1n) is 8.49. The van der Waals surface area contributed by atoms with Crippen molar-refractivity contribution < 1.29 is 14.3 Å². The molecule has 5 heteroatoms. The number of Topliss-reactive ketones (excluding diaryl/α,β-unsaturated/α-hetero) is 1. The fourth-order valence-corrected chi connectivity index (χ4v) is 3.20. The van der Waals surface area contributed by atoms with E-state index in [4.69, 9.17) is 16.3 Å². The summed E-state index contributed by atoms with van der Waals surface area (Å²) in [5.41, 5.74) is 2.23. The minimum absolute atomic E-state index is 0.0341. The normalized spacial score (nSPS) is 12.3. The molecule has 0 radical (unpaired) electrons. The molecule has 0 bridgehead atoms. The number of ketones is 1. The Morgan fingerprint density at radius 3 is 2.46 bits per heavy atom. The summed E-state index contributed by atoms with van der Waals surface area (Å²) < 4.78 is 5.35. The molecule has 134 valence electrons. The number of ether oxygens (including phenoxy) is 1. The minimum Gasteiger partial charge on any atom is -0.457 e. The maximum absolute atomic E-state index is 12.6. The van der Waals surface area contributed by atoms with Gasteiger partial charge in [0.25, 0.3) is 0 Å². The maximum atomic E-state index is 12.6. The SMILES string of the molecule is CC(C)[C@@H](C(=O)OCC(=O)c1c[nH]c2ccccc12)c1ccc(Cl)cc1. The Morgan fingerprint density at radius 1 is 1.08 bits per heavy atom. The zero-order valence-electron chi connectivity index (χ0n) is 14.7. The van der Waals surface area contributed by atoms with Gasteiger partial charge in [-0.05, 0) is 29.7 Å². The topological polar surface area (TPSA) is 59.2 Å². The number of hydrogen-bond donors (Lipinski definition) is 1. The molecule has 0 aliphatic heterocycles. The first-order valence-corrected chi connectivity index (χ1v) is 8.86. The van der Waals surface area contributed by atoms with Crippen molar-refractivity contribution in [3.63, 3.8) is 0 Å². The smallest absolute Gasteiger partial charge is 0.314 e. The minimum atomic E-state index is -0.442. The molecule has 1 aromatic heterocycles. The quantitative estimate of drug-likeness (QED) is 0.492. The Hall–Kier alpha value is -2.59. The van der Waals surface area contributed by atoms with Crippen LogP contribution in [0.25, 0.3) is 10.9 Å². The summed E-state index contributed by atoms with van der Waals surface area (Å²) in [6.07, 6.45) is 1.65.